The molecular weight excluding hydrogens is 374 g/mol. The van der Waals surface area contributed by atoms with Gasteiger partial charge >= 0.3 is 0 Å². The summed E-state index contributed by atoms with van der Waals surface area (Å²) < 4.78 is 32.4. The maximum Gasteiger partial charge on any atom is 0.253 e. The van der Waals surface area contributed by atoms with Crippen molar-refractivity contribution in [3.63, 3.8) is 0 Å². The Labute approximate surface area is 167 Å². The lowest BCUT2D eigenvalue weighted by Crippen LogP contribution is -2.20. The van der Waals surface area contributed by atoms with Gasteiger partial charge in [0.25, 0.3) is 5.56 Å². The molecular formula is C22H29NO4S. The number of hydrogen-bond acceptors (Lipinski definition) is 4. The minimum atomic E-state index is -3.33. The first-order chi connectivity index (χ1) is 13.4. The number of nitrogens with zero attached hydrogens (tertiary/aromatic N) is 1. The second-order valence-electron chi connectivity index (χ2n) is 7.49. The number of aryl methyl sites for hydroxylation is 1. The van der Waals surface area contributed by atoms with E-state index in [2.05, 4.69) is 6.92 Å². The van der Waals surface area contributed by atoms with Gasteiger partial charge in [-0.2, -0.15) is 0 Å². The molecule has 0 amide bonds. The number of rotatable bonds is 9. The van der Waals surface area contributed by atoms with E-state index in [0.717, 1.165) is 48.8 Å². The van der Waals surface area contributed by atoms with E-state index in [-0.39, 0.29) is 16.2 Å². The van der Waals surface area contributed by atoms with Crippen molar-refractivity contribution in [2.24, 2.45) is 7.05 Å². The number of benzene rings is 1. The van der Waals surface area contributed by atoms with Crippen LogP contribution in [-0.2, 0) is 16.9 Å². The zero-order valence-corrected chi connectivity index (χ0v) is 17.7. The molecule has 0 spiro atoms. The summed E-state index contributed by atoms with van der Waals surface area (Å²) in [6.07, 6.45) is 6.97. The lowest BCUT2D eigenvalue weighted by molar-refractivity contribution is 0.307. The Bertz CT molecular complexity index is 1000. The molecule has 1 aliphatic carbocycles. The Morgan fingerprint density at radius 1 is 1.14 bits per heavy atom. The van der Waals surface area contributed by atoms with Gasteiger partial charge in [0, 0.05) is 29.9 Å². The molecule has 0 saturated heterocycles. The van der Waals surface area contributed by atoms with Gasteiger partial charge in [-0.25, -0.2) is 8.42 Å². The maximum absolute atomic E-state index is 12.5. The van der Waals surface area contributed by atoms with Gasteiger partial charge in [-0.05, 0) is 49.4 Å². The van der Waals surface area contributed by atoms with Crippen molar-refractivity contribution in [1.29, 1.82) is 0 Å². The largest absolute Gasteiger partial charge is 0.493 e. The first-order valence-electron chi connectivity index (χ1n) is 10.1. The average molecular weight is 404 g/mol. The Hall–Kier alpha value is -2.08. The Morgan fingerprint density at radius 2 is 1.89 bits per heavy atom. The van der Waals surface area contributed by atoms with Gasteiger partial charge in [0.1, 0.15) is 5.75 Å². The Morgan fingerprint density at radius 3 is 2.54 bits per heavy atom. The topological polar surface area (TPSA) is 65.4 Å². The first-order valence-corrected chi connectivity index (χ1v) is 11.7. The highest BCUT2D eigenvalue weighted by molar-refractivity contribution is 7.91. The molecule has 0 bridgehead atoms. The van der Waals surface area contributed by atoms with Gasteiger partial charge in [0.15, 0.2) is 9.84 Å². The molecule has 1 heterocycles. The zero-order chi connectivity index (χ0) is 20.3. The highest BCUT2D eigenvalue weighted by Gasteiger charge is 2.27. The number of aromatic nitrogens is 1. The fraction of sp³-hybridized carbons (Fsp3) is 0.500. The van der Waals surface area contributed by atoms with Gasteiger partial charge in [0.2, 0.25) is 0 Å². The summed E-state index contributed by atoms with van der Waals surface area (Å²) >= 11 is 0. The van der Waals surface area contributed by atoms with Gasteiger partial charge in [-0.15, -0.1) is 0 Å². The molecule has 5 nitrogen and oxygen atoms in total. The van der Waals surface area contributed by atoms with Gasteiger partial charge in [-0.1, -0.05) is 26.7 Å². The predicted molar refractivity (Wildman–Crippen MR) is 112 cm³/mol. The molecule has 3 rings (SSSR count). The molecule has 1 aliphatic rings. The van der Waals surface area contributed by atoms with E-state index in [4.69, 9.17) is 4.74 Å². The molecule has 0 unspecified atom stereocenters. The third kappa shape index (κ3) is 4.49. The molecule has 0 N–H and O–H groups in total. The summed E-state index contributed by atoms with van der Waals surface area (Å²) in [4.78, 5) is 12.8. The zero-order valence-electron chi connectivity index (χ0n) is 16.9. The number of sulfone groups is 1. The third-order valence-corrected chi connectivity index (χ3v) is 6.97. The summed E-state index contributed by atoms with van der Waals surface area (Å²) in [5, 5.41) is 0. The number of unbranched alkanes of at least 4 members (excludes halogenated alkanes) is 2. The van der Waals surface area contributed by atoms with Crippen LogP contribution in [0, 0.1) is 0 Å². The average Bonchev–Trinajstić information content (AvgIpc) is 3.52. The molecule has 1 aromatic heterocycles. The molecule has 28 heavy (non-hydrogen) atoms. The molecule has 1 aromatic carbocycles. The van der Waals surface area contributed by atoms with Crippen molar-refractivity contribution in [2.45, 2.75) is 56.8 Å². The molecule has 2 aromatic rings. The smallest absolute Gasteiger partial charge is 0.253 e. The highest BCUT2D eigenvalue weighted by Crippen LogP contribution is 2.40. The van der Waals surface area contributed by atoms with E-state index in [1.165, 1.54) is 0 Å². The van der Waals surface area contributed by atoms with E-state index in [1.54, 1.807) is 42.9 Å². The molecule has 0 atom stereocenters. The van der Waals surface area contributed by atoms with Gasteiger partial charge in [-0.3, -0.25) is 4.79 Å². The highest BCUT2D eigenvalue weighted by atomic mass is 32.2. The fourth-order valence-electron chi connectivity index (χ4n) is 3.33. The van der Waals surface area contributed by atoms with E-state index in [0.29, 0.717) is 18.3 Å². The van der Waals surface area contributed by atoms with Crippen LogP contribution in [0.4, 0.5) is 0 Å². The lowest BCUT2D eigenvalue weighted by Gasteiger charge is -2.15. The predicted octanol–water partition coefficient (Wildman–Crippen LogP) is 4.29. The lowest BCUT2D eigenvalue weighted by atomic mass is 10.0. The van der Waals surface area contributed by atoms with Crippen molar-refractivity contribution in [1.82, 2.24) is 4.57 Å². The maximum atomic E-state index is 12.5. The second kappa shape index (κ2) is 8.52. The van der Waals surface area contributed by atoms with Crippen molar-refractivity contribution >= 4 is 9.84 Å². The Balaban J connectivity index is 2.08. The van der Waals surface area contributed by atoms with Crippen molar-refractivity contribution in [3.05, 3.63) is 46.4 Å². The molecule has 1 fully saturated rings. The fourth-order valence-corrected chi connectivity index (χ4v) is 4.23. The molecule has 0 radical (unpaired) electrons. The minimum absolute atomic E-state index is 0.0222. The standard InChI is InChI=1S/C22H29NO4S/c1-4-6-7-12-27-21-11-10-18(28(25,26)5-2)14-19(21)17-13-20(16-8-9-16)22(24)23(3)15-17/h10-11,13-16H,4-9,12H2,1-3H3. The third-order valence-electron chi connectivity index (χ3n) is 5.23. The van der Waals surface area contributed by atoms with Crippen LogP contribution in [0.1, 0.15) is 57.4 Å². The van der Waals surface area contributed by atoms with Crippen molar-refractivity contribution in [2.75, 3.05) is 12.4 Å². The molecule has 6 heteroatoms. The Kier molecular flexibility index (Phi) is 6.28. The van der Waals surface area contributed by atoms with Crippen LogP contribution in [0.3, 0.4) is 0 Å². The normalized spacial score (nSPS) is 14.2. The molecule has 1 saturated carbocycles. The van der Waals surface area contributed by atoms with E-state index in [1.807, 2.05) is 6.07 Å². The summed E-state index contributed by atoms with van der Waals surface area (Å²) in [6, 6.07) is 6.95. The van der Waals surface area contributed by atoms with Crippen LogP contribution >= 0.6 is 0 Å². The van der Waals surface area contributed by atoms with Gasteiger partial charge < -0.3 is 9.30 Å². The molecule has 152 valence electrons. The number of ether oxygens (including phenoxy) is 1. The second-order valence-corrected chi connectivity index (χ2v) is 9.77. The molecule has 0 aliphatic heterocycles. The van der Waals surface area contributed by atoms with E-state index in [9.17, 15) is 13.2 Å². The quantitative estimate of drug-likeness (QED) is 0.586. The van der Waals surface area contributed by atoms with Gasteiger partial charge in [0.05, 0.1) is 17.3 Å². The summed E-state index contributed by atoms with van der Waals surface area (Å²) in [6.45, 7) is 4.36. The van der Waals surface area contributed by atoms with Crippen LogP contribution in [0.15, 0.2) is 40.2 Å². The van der Waals surface area contributed by atoms with E-state index >= 15 is 0 Å². The van der Waals surface area contributed by atoms with Crippen LogP contribution < -0.4 is 10.3 Å². The first kappa shape index (κ1) is 20.6. The van der Waals surface area contributed by atoms with Crippen LogP contribution in [0.5, 0.6) is 5.75 Å². The summed E-state index contributed by atoms with van der Waals surface area (Å²) in [5.74, 6) is 1.02. The number of hydrogen-bond donors (Lipinski definition) is 0. The van der Waals surface area contributed by atoms with Crippen LogP contribution in [0.25, 0.3) is 11.1 Å². The summed E-state index contributed by atoms with van der Waals surface area (Å²) in [7, 11) is -1.59. The van der Waals surface area contributed by atoms with Crippen LogP contribution in [-0.4, -0.2) is 25.3 Å². The van der Waals surface area contributed by atoms with Crippen molar-refractivity contribution in [3.8, 4) is 16.9 Å². The van der Waals surface area contributed by atoms with Crippen LogP contribution in [0.2, 0.25) is 0 Å². The SMILES string of the molecule is CCCCCOc1ccc(S(=O)(=O)CC)cc1-c1cc(C2CC2)c(=O)n(C)c1. The number of pyridine rings is 1. The van der Waals surface area contributed by atoms with E-state index < -0.39 is 9.84 Å². The monoisotopic (exact) mass is 403 g/mol. The minimum Gasteiger partial charge on any atom is -0.493 e. The summed E-state index contributed by atoms with van der Waals surface area (Å²) in [5.41, 5.74) is 2.38. The van der Waals surface area contributed by atoms with Crippen molar-refractivity contribution < 1.29 is 13.2 Å².